The Labute approximate surface area is 192 Å². The lowest BCUT2D eigenvalue weighted by atomic mass is 9.89. The number of ether oxygens (including phenoxy) is 4. The van der Waals surface area contributed by atoms with Gasteiger partial charge in [0.15, 0.2) is 11.5 Å². The molecule has 0 saturated heterocycles. The predicted molar refractivity (Wildman–Crippen MR) is 121 cm³/mol. The highest BCUT2D eigenvalue weighted by Gasteiger charge is 2.29. The second kappa shape index (κ2) is 11.7. The molecule has 0 aliphatic rings. The number of methoxy groups -OCH3 is 2. The molecule has 0 spiro atoms. The number of carbonyl (C=O) groups is 2. The van der Waals surface area contributed by atoms with Crippen LogP contribution in [0.15, 0.2) is 43.5 Å². The number of phenols is 1. The van der Waals surface area contributed by atoms with Crippen LogP contribution in [0, 0.1) is 5.82 Å². The zero-order valence-corrected chi connectivity index (χ0v) is 18.9. The molecule has 0 aliphatic heterocycles. The summed E-state index contributed by atoms with van der Waals surface area (Å²) in [5.74, 6) is -3.01. The van der Waals surface area contributed by atoms with Crippen molar-refractivity contribution in [3.05, 3.63) is 71.6 Å². The highest BCUT2D eigenvalue weighted by atomic mass is 19.1. The fourth-order valence-electron chi connectivity index (χ4n) is 3.34. The van der Waals surface area contributed by atoms with Crippen molar-refractivity contribution in [3.63, 3.8) is 0 Å². The summed E-state index contributed by atoms with van der Waals surface area (Å²) in [5, 5.41) is 10.4. The van der Waals surface area contributed by atoms with Gasteiger partial charge in [0.1, 0.15) is 24.7 Å². The van der Waals surface area contributed by atoms with E-state index in [2.05, 4.69) is 13.2 Å². The van der Waals surface area contributed by atoms with E-state index < -0.39 is 23.3 Å². The molecule has 2 aromatic carbocycles. The number of rotatable bonds is 12. The maximum absolute atomic E-state index is 14.5. The molecule has 8 heteroatoms. The van der Waals surface area contributed by atoms with E-state index >= 15 is 0 Å². The van der Waals surface area contributed by atoms with Gasteiger partial charge in [-0.05, 0) is 29.7 Å². The molecule has 33 heavy (non-hydrogen) atoms. The molecule has 0 aromatic heterocycles. The second-order valence-corrected chi connectivity index (χ2v) is 6.82. The quantitative estimate of drug-likeness (QED) is 0.290. The van der Waals surface area contributed by atoms with Crippen LogP contribution in [0.3, 0.4) is 0 Å². The van der Waals surface area contributed by atoms with Gasteiger partial charge in [-0.15, -0.1) is 0 Å². The lowest BCUT2D eigenvalue weighted by Gasteiger charge is -2.21. The van der Waals surface area contributed by atoms with Gasteiger partial charge in [-0.2, -0.15) is 4.39 Å². The van der Waals surface area contributed by atoms with Crippen LogP contribution in [-0.2, 0) is 22.4 Å². The molecule has 1 N–H and O–H groups in total. The average Bonchev–Trinajstić information content (AvgIpc) is 2.82. The maximum atomic E-state index is 14.5. The van der Waals surface area contributed by atoms with E-state index in [1.165, 1.54) is 38.5 Å². The zero-order valence-electron chi connectivity index (χ0n) is 18.9. The molecular weight excluding hydrogens is 431 g/mol. The van der Waals surface area contributed by atoms with Crippen molar-refractivity contribution in [1.29, 1.82) is 0 Å². The first-order chi connectivity index (χ1) is 15.8. The average molecular weight is 458 g/mol. The monoisotopic (exact) mass is 458 g/mol. The molecule has 7 nitrogen and oxygen atoms in total. The first-order valence-corrected chi connectivity index (χ1v) is 10.2. The van der Waals surface area contributed by atoms with Crippen LogP contribution >= 0.6 is 0 Å². The minimum atomic E-state index is -1.08. The lowest BCUT2D eigenvalue weighted by molar-refractivity contribution is -0.139. The zero-order chi connectivity index (χ0) is 24.5. The number of phenolic OH excluding ortho intramolecular Hbond substituents is 1. The van der Waals surface area contributed by atoms with E-state index in [0.29, 0.717) is 23.3 Å². The largest absolute Gasteiger partial charge is 0.504 e. The number of carbonyl (C=O) groups excluding carboxylic acids is 2. The third-order valence-corrected chi connectivity index (χ3v) is 4.86. The molecule has 0 aliphatic carbocycles. The van der Waals surface area contributed by atoms with Crippen molar-refractivity contribution in [2.75, 3.05) is 27.4 Å². The molecule has 0 bridgehead atoms. The molecule has 2 aromatic rings. The number of esters is 1. The first kappa shape index (κ1) is 25.5. The van der Waals surface area contributed by atoms with Crippen LogP contribution in [0.5, 0.6) is 23.0 Å². The number of halogens is 1. The molecule has 176 valence electrons. The lowest BCUT2D eigenvalue weighted by Crippen LogP contribution is -2.17. The second-order valence-electron chi connectivity index (χ2n) is 6.82. The Balaban J connectivity index is 2.85. The summed E-state index contributed by atoms with van der Waals surface area (Å²) in [5.41, 5.74) is 0.547. The normalized spacial score (nSPS) is 10.3. The summed E-state index contributed by atoms with van der Waals surface area (Å²) in [6.45, 7) is 9.31. The number of hydrogen-bond donors (Lipinski definition) is 1. The van der Waals surface area contributed by atoms with Crippen LogP contribution in [0.1, 0.15) is 34.0 Å². The Morgan fingerprint density at radius 1 is 1.03 bits per heavy atom. The fraction of sp³-hybridized carbons (Fsp3) is 0.280. The molecule has 0 radical (unpaired) electrons. The van der Waals surface area contributed by atoms with Gasteiger partial charge in [-0.3, -0.25) is 9.59 Å². The van der Waals surface area contributed by atoms with Gasteiger partial charge >= 0.3 is 5.97 Å². The minimum Gasteiger partial charge on any atom is -0.504 e. The van der Waals surface area contributed by atoms with E-state index in [9.17, 15) is 19.1 Å². The van der Waals surface area contributed by atoms with Gasteiger partial charge in [0.25, 0.3) is 0 Å². The van der Waals surface area contributed by atoms with E-state index in [1.54, 1.807) is 6.08 Å². The van der Waals surface area contributed by atoms with Gasteiger partial charge in [0.2, 0.25) is 11.6 Å². The number of benzene rings is 2. The summed E-state index contributed by atoms with van der Waals surface area (Å²) >= 11 is 0. The van der Waals surface area contributed by atoms with Crippen LogP contribution < -0.4 is 14.2 Å². The summed E-state index contributed by atoms with van der Waals surface area (Å²) in [7, 11) is 2.47. The highest BCUT2D eigenvalue weighted by molar-refractivity contribution is 6.14. The Morgan fingerprint density at radius 2 is 1.67 bits per heavy atom. The van der Waals surface area contributed by atoms with E-state index in [0.717, 1.165) is 0 Å². The fourth-order valence-corrected chi connectivity index (χ4v) is 3.34. The smallest absolute Gasteiger partial charge is 0.310 e. The van der Waals surface area contributed by atoms with Crippen molar-refractivity contribution in [1.82, 2.24) is 0 Å². The highest BCUT2D eigenvalue weighted by Crippen LogP contribution is 2.39. The first-order valence-electron chi connectivity index (χ1n) is 10.2. The van der Waals surface area contributed by atoms with Gasteiger partial charge in [0.05, 0.1) is 31.8 Å². The van der Waals surface area contributed by atoms with Crippen LogP contribution in [0.4, 0.5) is 4.39 Å². The van der Waals surface area contributed by atoms with Crippen molar-refractivity contribution >= 4 is 11.8 Å². The molecular formula is C25H27FO7. The van der Waals surface area contributed by atoms with Gasteiger partial charge < -0.3 is 24.1 Å². The standard InChI is InChI=1S/C25H27FO7/c1-6-11-32-19-14-20(33-12-7-2)22(17(15(19)8-3)13-21(27)31-5)24(28)16-9-10-18(30-4)23(26)25(16)29/h6-7,9-10,14,29H,1-2,8,11-13H2,3-5H3. The van der Waals surface area contributed by atoms with Crippen molar-refractivity contribution < 1.29 is 38.0 Å². The molecule has 0 heterocycles. The van der Waals surface area contributed by atoms with Crippen LogP contribution in [-0.4, -0.2) is 44.3 Å². The molecule has 0 fully saturated rings. The topological polar surface area (TPSA) is 91.3 Å². The van der Waals surface area contributed by atoms with Crippen LogP contribution in [0.25, 0.3) is 0 Å². The van der Waals surface area contributed by atoms with Crippen molar-refractivity contribution in [2.24, 2.45) is 0 Å². The van der Waals surface area contributed by atoms with E-state index in [1.807, 2.05) is 6.92 Å². The third kappa shape index (κ3) is 5.52. The SMILES string of the molecule is C=CCOc1cc(OCC=C)c(C(=O)c2ccc(OC)c(F)c2O)c(CC(=O)OC)c1CC. The Morgan fingerprint density at radius 3 is 2.21 bits per heavy atom. The summed E-state index contributed by atoms with van der Waals surface area (Å²) in [4.78, 5) is 25.8. The van der Waals surface area contributed by atoms with E-state index in [4.69, 9.17) is 18.9 Å². The maximum Gasteiger partial charge on any atom is 0.310 e. The Hall–Kier alpha value is -3.81. The minimum absolute atomic E-state index is 0.00933. The van der Waals surface area contributed by atoms with Crippen molar-refractivity contribution in [2.45, 2.75) is 19.8 Å². The summed E-state index contributed by atoms with van der Waals surface area (Å²) in [6, 6.07) is 4.00. The Bertz CT molecular complexity index is 1060. The molecule has 0 atom stereocenters. The molecule has 0 unspecified atom stereocenters. The number of aromatic hydroxyl groups is 1. The van der Waals surface area contributed by atoms with Gasteiger partial charge in [-0.25, -0.2) is 0 Å². The van der Waals surface area contributed by atoms with Gasteiger partial charge in [-0.1, -0.05) is 32.2 Å². The summed E-state index contributed by atoms with van der Waals surface area (Å²) < 4.78 is 35.6. The predicted octanol–water partition coefficient (Wildman–Crippen LogP) is 4.18. The number of ketones is 1. The van der Waals surface area contributed by atoms with E-state index in [-0.39, 0.29) is 42.3 Å². The van der Waals surface area contributed by atoms with Crippen molar-refractivity contribution in [3.8, 4) is 23.0 Å². The summed E-state index contributed by atoms with van der Waals surface area (Å²) in [6.07, 6.45) is 3.18. The third-order valence-electron chi connectivity index (χ3n) is 4.86. The molecule has 0 saturated carbocycles. The molecule has 0 amide bonds. The van der Waals surface area contributed by atoms with Crippen LogP contribution in [0.2, 0.25) is 0 Å². The Kier molecular flexibility index (Phi) is 9.03. The molecule has 2 rings (SSSR count). The van der Waals surface area contributed by atoms with Gasteiger partial charge in [0, 0.05) is 6.07 Å². The number of hydrogen-bond acceptors (Lipinski definition) is 7.